The highest BCUT2D eigenvalue weighted by atomic mass is 16.5. The Morgan fingerprint density at radius 1 is 1.12 bits per heavy atom. The zero-order valence-corrected chi connectivity index (χ0v) is 14.8. The Morgan fingerprint density at radius 3 is 2.84 bits per heavy atom. The van der Waals surface area contributed by atoms with Crippen molar-refractivity contribution in [2.24, 2.45) is 0 Å². The molecule has 0 amide bonds. The number of piperidine rings is 1. The van der Waals surface area contributed by atoms with Crippen LogP contribution in [-0.4, -0.2) is 34.2 Å². The molecule has 1 fully saturated rings. The number of likely N-dealkylation sites (tertiary alicyclic amines) is 1. The summed E-state index contributed by atoms with van der Waals surface area (Å²) in [6.45, 7) is 2.15. The second-order valence-electron chi connectivity index (χ2n) is 6.87. The molecule has 1 aliphatic rings. The van der Waals surface area contributed by atoms with Gasteiger partial charge in [-0.05, 0) is 55.6 Å². The first-order valence-corrected chi connectivity index (χ1v) is 9.12. The van der Waals surface area contributed by atoms with Gasteiger partial charge in [0.25, 0.3) is 0 Å². The number of fused-ring (bicyclic) bond motifs is 1. The Bertz CT molecular complexity index is 825. The van der Waals surface area contributed by atoms with Crippen molar-refractivity contribution >= 4 is 5.52 Å². The molecule has 0 saturated carbocycles. The van der Waals surface area contributed by atoms with Gasteiger partial charge in [-0.1, -0.05) is 24.6 Å². The van der Waals surface area contributed by atoms with Crippen molar-refractivity contribution in [3.63, 3.8) is 0 Å². The molecule has 1 saturated heterocycles. The summed E-state index contributed by atoms with van der Waals surface area (Å²) in [6.07, 6.45) is 9.02. The van der Waals surface area contributed by atoms with Crippen molar-refractivity contribution in [3.8, 4) is 5.75 Å². The molecule has 130 valence electrons. The first-order valence-electron chi connectivity index (χ1n) is 9.12. The molecule has 4 heteroatoms. The summed E-state index contributed by atoms with van der Waals surface area (Å²) in [5.41, 5.74) is 3.93. The van der Waals surface area contributed by atoms with E-state index in [0.29, 0.717) is 6.04 Å². The van der Waals surface area contributed by atoms with E-state index in [9.17, 15) is 0 Å². The third kappa shape index (κ3) is 3.54. The quantitative estimate of drug-likeness (QED) is 0.707. The van der Waals surface area contributed by atoms with E-state index in [0.717, 1.165) is 18.7 Å². The number of hydrogen-bond acceptors (Lipinski definition) is 3. The lowest BCUT2D eigenvalue weighted by Gasteiger charge is -2.35. The van der Waals surface area contributed by atoms with Gasteiger partial charge in [0, 0.05) is 24.3 Å². The molecule has 4 rings (SSSR count). The fourth-order valence-electron chi connectivity index (χ4n) is 3.86. The van der Waals surface area contributed by atoms with Crippen molar-refractivity contribution in [3.05, 3.63) is 66.0 Å². The number of pyridine rings is 1. The van der Waals surface area contributed by atoms with Gasteiger partial charge in [0.15, 0.2) is 0 Å². The molecule has 0 spiro atoms. The number of rotatable bonds is 5. The molecule has 3 heterocycles. The standard InChI is InChI=1S/C21H25N3O/c1-25-20-10-8-17(9-11-20)14-19-6-2-4-12-23(19)16-18-15-22-24-13-5-3-7-21(18)24/h3,5,7-11,13,15,19H,2,4,6,12,14,16H2,1H3. The summed E-state index contributed by atoms with van der Waals surface area (Å²) in [4.78, 5) is 2.64. The molecule has 1 atom stereocenters. The molecule has 2 aromatic heterocycles. The van der Waals surface area contributed by atoms with Crippen molar-refractivity contribution in [1.29, 1.82) is 0 Å². The third-order valence-corrected chi connectivity index (χ3v) is 5.26. The van der Waals surface area contributed by atoms with Crippen molar-refractivity contribution in [1.82, 2.24) is 14.5 Å². The molecular weight excluding hydrogens is 310 g/mol. The van der Waals surface area contributed by atoms with E-state index >= 15 is 0 Å². The van der Waals surface area contributed by atoms with Gasteiger partial charge in [0.1, 0.15) is 5.75 Å². The smallest absolute Gasteiger partial charge is 0.118 e. The van der Waals surface area contributed by atoms with Gasteiger partial charge in [-0.2, -0.15) is 5.10 Å². The molecule has 0 radical (unpaired) electrons. The Balaban J connectivity index is 1.50. The van der Waals surface area contributed by atoms with E-state index in [1.165, 1.54) is 42.5 Å². The fourth-order valence-corrected chi connectivity index (χ4v) is 3.86. The minimum atomic E-state index is 0.598. The van der Waals surface area contributed by atoms with Crippen LogP contribution < -0.4 is 4.74 Å². The number of ether oxygens (including phenoxy) is 1. The van der Waals surface area contributed by atoms with Gasteiger partial charge < -0.3 is 4.74 Å². The third-order valence-electron chi connectivity index (χ3n) is 5.26. The fraction of sp³-hybridized carbons (Fsp3) is 0.381. The van der Waals surface area contributed by atoms with Gasteiger partial charge in [-0.3, -0.25) is 4.90 Å². The average molecular weight is 335 g/mol. The average Bonchev–Trinajstić information content (AvgIpc) is 3.07. The van der Waals surface area contributed by atoms with E-state index < -0.39 is 0 Å². The van der Waals surface area contributed by atoms with Crippen LogP contribution in [-0.2, 0) is 13.0 Å². The molecule has 1 aliphatic heterocycles. The van der Waals surface area contributed by atoms with E-state index in [2.05, 4.69) is 46.4 Å². The normalized spacial score (nSPS) is 18.5. The van der Waals surface area contributed by atoms with Gasteiger partial charge in [0.05, 0.1) is 18.8 Å². The van der Waals surface area contributed by atoms with Crippen LogP contribution in [0, 0.1) is 0 Å². The zero-order chi connectivity index (χ0) is 17.1. The first-order chi connectivity index (χ1) is 12.3. The number of methoxy groups -OCH3 is 1. The van der Waals surface area contributed by atoms with Crippen LogP contribution in [0.15, 0.2) is 54.9 Å². The highest BCUT2D eigenvalue weighted by molar-refractivity contribution is 5.53. The predicted octanol–water partition coefficient (Wildman–Crippen LogP) is 3.94. The van der Waals surface area contributed by atoms with Crippen LogP contribution in [0.2, 0.25) is 0 Å². The predicted molar refractivity (Wildman–Crippen MR) is 99.9 cm³/mol. The lowest BCUT2D eigenvalue weighted by atomic mass is 9.95. The summed E-state index contributed by atoms with van der Waals surface area (Å²) < 4.78 is 7.24. The van der Waals surface area contributed by atoms with E-state index in [1.54, 1.807) is 7.11 Å². The van der Waals surface area contributed by atoms with Crippen LogP contribution in [0.25, 0.3) is 5.52 Å². The van der Waals surface area contributed by atoms with Gasteiger partial charge in [0.2, 0.25) is 0 Å². The number of aromatic nitrogens is 2. The number of benzene rings is 1. The van der Waals surface area contributed by atoms with Crippen LogP contribution in [0.4, 0.5) is 0 Å². The molecule has 0 aliphatic carbocycles. The molecule has 3 aromatic rings. The first kappa shape index (κ1) is 16.2. The van der Waals surface area contributed by atoms with E-state index in [-0.39, 0.29) is 0 Å². The molecule has 0 N–H and O–H groups in total. The summed E-state index contributed by atoms with van der Waals surface area (Å²) >= 11 is 0. The maximum atomic E-state index is 5.27. The molecule has 4 nitrogen and oxygen atoms in total. The lowest BCUT2D eigenvalue weighted by molar-refractivity contribution is 0.139. The summed E-state index contributed by atoms with van der Waals surface area (Å²) in [7, 11) is 1.72. The molecular formula is C21H25N3O. The van der Waals surface area contributed by atoms with Crippen molar-refractivity contribution < 1.29 is 4.74 Å². The van der Waals surface area contributed by atoms with E-state index in [1.807, 2.05) is 23.0 Å². The summed E-state index contributed by atoms with van der Waals surface area (Å²) in [6, 6.07) is 15.4. The molecule has 1 aromatic carbocycles. The minimum Gasteiger partial charge on any atom is -0.497 e. The summed E-state index contributed by atoms with van der Waals surface area (Å²) in [5.74, 6) is 0.926. The maximum Gasteiger partial charge on any atom is 0.118 e. The minimum absolute atomic E-state index is 0.598. The van der Waals surface area contributed by atoms with E-state index in [4.69, 9.17) is 4.74 Å². The topological polar surface area (TPSA) is 29.8 Å². The molecule has 25 heavy (non-hydrogen) atoms. The Hall–Kier alpha value is -2.33. The highest BCUT2D eigenvalue weighted by Gasteiger charge is 2.23. The Kier molecular flexibility index (Phi) is 4.70. The Labute approximate surface area is 149 Å². The lowest BCUT2D eigenvalue weighted by Crippen LogP contribution is -2.40. The second-order valence-corrected chi connectivity index (χ2v) is 6.87. The number of nitrogens with zero attached hydrogens (tertiary/aromatic N) is 3. The molecule has 1 unspecified atom stereocenters. The van der Waals surface area contributed by atoms with Gasteiger partial charge in [-0.25, -0.2) is 4.52 Å². The van der Waals surface area contributed by atoms with Gasteiger partial charge in [-0.15, -0.1) is 0 Å². The molecule has 0 bridgehead atoms. The largest absolute Gasteiger partial charge is 0.497 e. The monoisotopic (exact) mass is 335 g/mol. The van der Waals surface area contributed by atoms with Crippen molar-refractivity contribution in [2.75, 3.05) is 13.7 Å². The highest BCUT2D eigenvalue weighted by Crippen LogP contribution is 2.25. The van der Waals surface area contributed by atoms with Crippen LogP contribution >= 0.6 is 0 Å². The zero-order valence-electron chi connectivity index (χ0n) is 14.8. The van der Waals surface area contributed by atoms with Gasteiger partial charge >= 0.3 is 0 Å². The van der Waals surface area contributed by atoms with Crippen LogP contribution in [0.5, 0.6) is 5.75 Å². The SMILES string of the molecule is COc1ccc(CC2CCCCN2Cc2cnn3ccccc23)cc1. The second kappa shape index (κ2) is 7.28. The summed E-state index contributed by atoms with van der Waals surface area (Å²) in [5, 5.41) is 4.49. The van der Waals surface area contributed by atoms with Crippen molar-refractivity contribution in [2.45, 2.75) is 38.3 Å². The number of hydrogen-bond donors (Lipinski definition) is 0. The van der Waals surface area contributed by atoms with Crippen LogP contribution in [0.3, 0.4) is 0 Å². The Morgan fingerprint density at radius 2 is 2.00 bits per heavy atom. The van der Waals surface area contributed by atoms with Crippen LogP contribution in [0.1, 0.15) is 30.4 Å². The maximum absolute atomic E-state index is 5.27.